The van der Waals surface area contributed by atoms with Crippen LogP contribution in [-0.4, -0.2) is 127 Å². The molecule has 21 heteroatoms. The highest BCUT2D eigenvalue weighted by Crippen LogP contribution is 2.33. The molecule has 2 fully saturated rings. The first-order chi connectivity index (χ1) is 36.3. The summed E-state index contributed by atoms with van der Waals surface area (Å²) in [6.07, 6.45) is 8.35. The fourth-order valence-electron chi connectivity index (χ4n) is 9.71. The number of nitrogens with zero attached hydrogens (tertiary/aromatic N) is 12. The number of anilines is 2. The van der Waals surface area contributed by atoms with Crippen LogP contribution in [0.1, 0.15) is 56.3 Å². The highest BCUT2D eigenvalue weighted by molar-refractivity contribution is 7.24. The zero-order valence-corrected chi connectivity index (χ0v) is 43.6. The van der Waals surface area contributed by atoms with Crippen molar-refractivity contribution in [1.29, 1.82) is 0 Å². The second-order valence-electron chi connectivity index (χ2n) is 19.3. The number of hydrogen-bond donors (Lipinski definition) is 2. The molecular weight excluding hydrogens is 989 g/mol. The predicted molar refractivity (Wildman–Crippen MR) is 295 cm³/mol. The van der Waals surface area contributed by atoms with Crippen molar-refractivity contribution >= 4 is 98.3 Å². The molecule has 2 amide bonds. The lowest BCUT2D eigenvalue weighted by Crippen LogP contribution is -2.41. The van der Waals surface area contributed by atoms with Crippen LogP contribution in [0.2, 0.25) is 0 Å². The number of nitrogens with one attached hydrogen (secondary N) is 2. The van der Waals surface area contributed by atoms with Crippen LogP contribution in [0.25, 0.3) is 52.2 Å². The first kappa shape index (κ1) is 49.4. The van der Waals surface area contributed by atoms with Crippen LogP contribution >= 0.6 is 22.7 Å². The summed E-state index contributed by atoms with van der Waals surface area (Å²) >= 11 is 2.82. The number of pyridine rings is 4. The Hall–Kier alpha value is -7.82. The zero-order chi connectivity index (χ0) is 52.0. The van der Waals surface area contributed by atoms with Crippen molar-refractivity contribution in [2.24, 2.45) is 0 Å². The van der Waals surface area contributed by atoms with Gasteiger partial charge < -0.3 is 35.2 Å². The molecule has 0 spiro atoms. The number of hydrogen-bond acceptors (Lipinski definition) is 16. The van der Waals surface area contributed by atoms with Gasteiger partial charge in [0.15, 0.2) is 11.3 Å². The number of likely N-dealkylation sites (N-methyl/N-ethyl adjacent to an activating group) is 2. The molecule has 0 saturated carbocycles. The number of fused-ring (bicyclic) bond motifs is 10. The van der Waals surface area contributed by atoms with E-state index in [9.17, 15) is 24.4 Å². The van der Waals surface area contributed by atoms with Crippen molar-refractivity contribution in [3.63, 3.8) is 0 Å². The Morgan fingerprint density at radius 3 is 1.60 bits per heavy atom. The molecule has 8 aromatic heterocycles. The number of hydroxylamine groups is 3. The molecule has 0 radical (unpaired) electrons. The molecule has 19 nitrogen and oxygen atoms in total. The van der Waals surface area contributed by atoms with Crippen LogP contribution in [0.3, 0.4) is 0 Å². The standard InChI is InChI=1S/C27H27N7O3S.C27H27N7O2S/c1-17-14-29-18(15-28-17)16-30-26(36)23-24(35)19-8-9-22(32-10-5-12-34(2,37)13-11-32)31-25(19)33-20-6-3-4-7-21(20)38-27(23)33;1-17-14-29-18(15-28-17)16-30-26(36)23-24(35)19-8-9-22(33-11-5-10-32(2)12-13-33)31-25(19)34-20-6-3-4-7-21(20)37-27(23)34/h3-4,6-9,14-15H,5,10-13,16H2,1-2H3,(H,30,36);3-4,6-9,14-15H,5,10-13,16H2,1-2H3,(H,30,36). The average Bonchev–Trinajstić information content (AvgIpc) is 3.90. The third-order valence-electron chi connectivity index (χ3n) is 13.8. The topological polar surface area (TPSA) is 211 Å². The van der Waals surface area contributed by atoms with Gasteiger partial charge in [0.05, 0.1) is 106 Å². The van der Waals surface area contributed by atoms with Gasteiger partial charge in [-0.05, 0) is 82.4 Å². The van der Waals surface area contributed by atoms with Gasteiger partial charge in [0.1, 0.15) is 32.4 Å². The fourth-order valence-corrected chi connectivity index (χ4v) is 12.1. The van der Waals surface area contributed by atoms with Crippen LogP contribution in [-0.2, 0) is 13.1 Å². The molecule has 10 heterocycles. The lowest BCUT2D eigenvalue weighted by atomic mass is 10.1. The number of quaternary nitrogens is 1. The van der Waals surface area contributed by atoms with Gasteiger partial charge in [0, 0.05) is 45.0 Å². The number of benzene rings is 2. The Bertz CT molecular complexity index is 3950. The zero-order valence-electron chi connectivity index (χ0n) is 41.9. The summed E-state index contributed by atoms with van der Waals surface area (Å²) in [4.78, 5) is 89.2. The van der Waals surface area contributed by atoms with E-state index in [4.69, 9.17) is 9.97 Å². The Kier molecular flexibility index (Phi) is 13.5. The lowest BCUT2D eigenvalue weighted by Gasteiger charge is -2.37. The minimum absolute atomic E-state index is 0.0857. The van der Waals surface area contributed by atoms with E-state index >= 15 is 0 Å². The van der Waals surface area contributed by atoms with Crippen LogP contribution in [0.15, 0.2) is 107 Å². The van der Waals surface area contributed by atoms with Crippen molar-refractivity contribution < 1.29 is 14.2 Å². The second kappa shape index (κ2) is 20.5. The molecule has 75 heavy (non-hydrogen) atoms. The molecule has 2 aromatic carbocycles. The van der Waals surface area contributed by atoms with Crippen LogP contribution in [0, 0.1) is 19.1 Å². The molecule has 2 N–H and O–H groups in total. The van der Waals surface area contributed by atoms with Crippen molar-refractivity contribution in [3.8, 4) is 0 Å². The van der Waals surface area contributed by atoms with E-state index in [0.717, 1.165) is 89.0 Å². The smallest absolute Gasteiger partial charge is 0.258 e. The number of aryl methyl sites for hydroxylation is 2. The highest BCUT2D eigenvalue weighted by atomic mass is 32.1. The van der Waals surface area contributed by atoms with Gasteiger partial charge in [0.25, 0.3) is 11.8 Å². The first-order valence-corrected chi connectivity index (χ1v) is 26.5. The largest absolute Gasteiger partial charge is 0.633 e. The number of para-hydroxylation sites is 2. The molecule has 382 valence electrons. The molecule has 12 rings (SSSR count). The first-order valence-electron chi connectivity index (χ1n) is 24.9. The highest BCUT2D eigenvalue weighted by Gasteiger charge is 2.27. The minimum Gasteiger partial charge on any atom is -0.633 e. The number of carbonyl (C=O) groups excluding carboxylic acids is 2. The Labute approximate surface area is 437 Å². The summed E-state index contributed by atoms with van der Waals surface area (Å²) < 4.78 is 5.53. The van der Waals surface area contributed by atoms with E-state index in [-0.39, 0.29) is 39.7 Å². The van der Waals surface area contributed by atoms with E-state index in [1.807, 2.05) is 89.4 Å². The van der Waals surface area contributed by atoms with Crippen LogP contribution < -0.4 is 31.3 Å². The number of carbonyl (C=O) groups is 2. The van der Waals surface area contributed by atoms with E-state index < -0.39 is 11.8 Å². The number of rotatable bonds is 8. The molecule has 1 atom stereocenters. The maximum Gasteiger partial charge on any atom is 0.258 e. The summed E-state index contributed by atoms with van der Waals surface area (Å²) in [6.45, 7) is 10.2. The van der Waals surface area contributed by atoms with E-state index in [1.54, 1.807) is 37.9 Å². The van der Waals surface area contributed by atoms with E-state index in [0.29, 0.717) is 62.7 Å². The SMILES string of the molecule is Cc1cnc(CNC(=O)c2c(=O)c3ccc(N4CCCN(C)CC4)nc3n3c2sc2ccccc23)cn1.Cc1cnc(CNC(=O)c2c(=O)c3ccc(N4CCC[N+](C)([O-])CC4)nc3n3c2sc2ccccc23)cn1. The Morgan fingerprint density at radius 1 is 0.600 bits per heavy atom. The number of aromatic nitrogens is 8. The molecule has 0 aliphatic carbocycles. The van der Waals surface area contributed by atoms with Gasteiger partial charge >= 0.3 is 0 Å². The monoisotopic (exact) mass is 1040 g/mol. The van der Waals surface area contributed by atoms with Gasteiger partial charge in [-0.15, -0.1) is 22.7 Å². The molecule has 10 aromatic rings. The number of amides is 2. The van der Waals surface area contributed by atoms with Crippen molar-refractivity contribution in [3.05, 3.63) is 157 Å². The summed E-state index contributed by atoms with van der Waals surface area (Å²) in [5.74, 6) is 0.671. The fraction of sp³-hybridized carbons (Fsp3) is 0.296. The maximum atomic E-state index is 13.8. The van der Waals surface area contributed by atoms with Crippen molar-refractivity contribution in [1.82, 2.24) is 54.2 Å². The minimum atomic E-state index is -0.465. The molecule has 2 aliphatic heterocycles. The predicted octanol–water partition coefficient (Wildman–Crippen LogP) is 6.48. The summed E-state index contributed by atoms with van der Waals surface area (Å²) in [5, 5.41) is 19.0. The number of thiazole rings is 2. The Balaban J connectivity index is 0.000000161. The molecular formula is C54H54N14O5S2. The van der Waals surface area contributed by atoms with Gasteiger partial charge in [-0.2, -0.15) is 0 Å². The molecule has 2 aliphatic rings. The van der Waals surface area contributed by atoms with E-state index in [2.05, 4.69) is 52.3 Å². The average molecular weight is 1040 g/mol. The molecule has 1 unspecified atom stereocenters. The summed E-state index contributed by atoms with van der Waals surface area (Å²) in [6, 6.07) is 23.0. The normalized spacial score (nSPS) is 16.6. The van der Waals surface area contributed by atoms with Gasteiger partial charge in [-0.1, -0.05) is 24.3 Å². The van der Waals surface area contributed by atoms with Crippen LogP contribution in [0.4, 0.5) is 11.6 Å². The molecule has 0 bridgehead atoms. The van der Waals surface area contributed by atoms with Crippen molar-refractivity contribution in [2.75, 3.05) is 76.3 Å². The van der Waals surface area contributed by atoms with Crippen LogP contribution in [0.5, 0.6) is 0 Å². The molecule has 2 saturated heterocycles. The maximum absolute atomic E-state index is 13.8. The van der Waals surface area contributed by atoms with Crippen molar-refractivity contribution in [2.45, 2.75) is 39.8 Å². The lowest BCUT2D eigenvalue weighted by molar-refractivity contribution is -0.858. The van der Waals surface area contributed by atoms with Gasteiger partial charge in [0.2, 0.25) is 10.9 Å². The summed E-state index contributed by atoms with van der Waals surface area (Å²) in [5.41, 5.74) is 5.23. The quantitative estimate of drug-likeness (QED) is 0.123. The Morgan fingerprint density at radius 2 is 1.09 bits per heavy atom. The third-order valence-corrected chi connectivity index (χ3v) is 16.1. The second-order valence-corrected chi connectivity index (χ2v) is 21.4. The van der Waals surface area contributed by atoms with Gasteiger partial charge in [-0.3, -0.25) is 47.9 Å². The summed E-state index contributed by atoms with van der Waals surface area (Å²) in [7, 11) is 3.84. The third kappa shape index (κ3) is 9.87. The van der Waals surface area contributed by atoms with E-state index in [1.165, 1.54) is 22.7 Å². The van der Waals surface area contributed by atoms with Gasteiger partial charge in [-0.25, -0.2) is 9.97 Å².